The van der Waals surface area contributed by atoms with E-state index in [1.165, 1.54) is 0 Å². The Kier molecular flexibility index (Phi) is 6.98. The monoisotopic (exact) mass is 503 g/mol. The maximum atomic E-state index is 13.9. The lowest BCUT2D eigenvalue weighted by atomic mass is 9.81. The summed E-state index contributed by atoms with van der Waals surface area (Å²) in [6.07, 6.45) is 0.951. The second-order valence-corrected chi connectivity index (χ2v) is 10.6. The van der Waals surface area contributed by atoms with E-state index >= 15 is 0 Å². The van der Waals surface area contributed by atoms with Crippen molar-refractivity contribution in [1.29, 1.82) is 0 Å². The molecule has 2 aliphatic rings. The number of aliphatic hydroxyl groups excluding tert-OH is 1. The van der Waals surface area contributed by atoms with Gasteiger partial charge in [0.05, 0.1) is 0 Å². The van der Waals surface area contributed by atoms with E-state index in [9.17, 15) is 9.90 Å². The predicted octanol–water partition coefficient (Wildman–Crippen LogP) is 5.09. The summed E-state index contributed by atoms with van der Waals surface area (Å²) in [4.78, 5) is 13.9. The average molecular weight is 504 g/mol. The molecule has 0 aliphatic carbocycles. The quantitative estimate of drug-likeness (QED) is 0.445. The molecule has 0 unspecified atom stereocenters. The summed E-state index contributed by atoms with van der Waals surface area (Å²) >= 11 is 0. The Hall–Kier alpha value is -3.71. The Labute approximate surface area is 217 Å². The van der Waals surface area contributed by atoms with Gasteiger partial charge in [0.25, 0.3) is 0 Å². The number of carbonyl (C=O) groups is 1. The number of hydrogen-bond acceptors (Lipinski definition) is 6. The molecule has 0 bridgehead atoms. The Morgan fingerprint density at radius 2 is 1.41 bits per heavy atom. The van der Waals surface area contributed by atoms with Crippen LogP contribution in [0.4, 0.5) is 5.69 Å². The first kappa shape index (κ1) is 25.0. The van der Waals surface area contributed by atoms with Gasteiger partial charge in [-0.3, -0.25) is 4.79 Å². The second-order valence-electron chi connectivity index (χ2n) is 10.6. The van der Waals surface area contributed by atoms with Gasteiger partial charge in [0.15, 0.2) is 23.0 Å². The van der Waals surface area contributed by atoms with Gasteiger partial charge < -0.3 is 29.4 Å². The number of hydrogen-bond donors (Lipinski definition) is 2. The van der Waals surface area contributed by atoms with Crippen molar-refractivity contribution in [1.82, 2.24) is 0 Å². The molecule has 3 aromatic carbocycles. The smallest absolute Gasteiger partial charge is 0.231 e. The van der Waals surface area contributed by atoms with Gasteiger partial charge >= 0.3 is 0 Å². The number of ether oxygens (including phenoxy) is 4. The number of fused-ring (bicyclic) bond motifs is 2. The Morgan fingerprint density at radius 3 is 2.00 bits per heavy atom. The van der Waals surface area contributed by atoms with Gasteiger partial charge in [-0.05, 0) is 71.2 Å². The molecular weight excluding hydrogens is 470 g/mol. The summed E-state index contributed by atoms with van der Waals surface area (Å²) in [5.41, 5.74) is 3.62. The van der Waals surface area contributed by atoms with Crippen molar-refractivity contribution in [3.8, 4) is 23.0 Å². The molecule has 1 amide bonds. The summed E-state index contributed by atoms with van der Waals surface area (Å²) in [5, 5.41) is 13.7. The molecule has 5 rings (SSSR count). The molecule has 0 spiro atoms. The zero-order valence-electron chi connectivity index (χ0n) is 21.5. The van der Waals surface area contributed by atoms with E-state index in [1.807, 2.05) is 60.7 Å². The van der Waals surface area contributed by atoms with Crippen molar-refractivity contribution in [3.63, 3.8) is 0 Å². The molecule has 2 atom stereocenters. The summed E-state index contributed by atoms with van der Waals surface area (Å²) in [5.74, 6) is 1.81. The minimum absolute atomic E-state index is 0.130. The lowest BCUT2D eigenvalue weighted by Crippen LogP contribution is -2.35. The standard InChI is InChI=1S/C30H33NO6/c1-30(2,3)23-6-4-5-7-24(23)31-29(33)22(13-20-9-11-26-28(15-20)37-18-35-26)21(16-32)12-19-8-10-25-27(14-19)36-17-34-25/h4-11,14-15,21-22,32H,12-13,16-18H2,1-3H3,(H,31,33)/t21-,22+/m1/s1. The van der Waals surface area contributed by atoms with Crippen LogP contribution in [0.3, 0.4) is 0 Å². The van der Waals surface area contributed by atoms with E-state index in [1.54, 1.807) is 0 Å². The molecule has 37 heavy (non-hydrogen) atoms. The highest BCUT2D eigenvalue weighted by Gasteiger charge is 2.31. The SMILES string of the molecule is CC(C)(C)c1ccccc1NC(=O)[C@@H](Cc1ccc2c(c1)OCO2)[C@@H](CO)Cc1ccc2c(c1)OCO2. The number of para-hydroxylation sites is 1. The summed E-state index contributed by atoms with van der Waals surface area (Å²) in [7, 11) is 0. The maximum Gasteiger partial charge on any atom is 0.231 e. The molecule has 0 radical (unpaired) electrons. The number of benzene rings is 3. The number of carbonyl (C=O) groups excluding carboxylic acids is 1. The number of rotatable bonds is 8. The molecule has 2 heterocycles. The van der Waals surface area contributed by atoms with E-state index in [-0.39, 0.29) is 37.4 Å². The zero-order valence-corrected chi connectivity index (χ0v) is 21.5. The van der Waals surface area contributed by atoms with Crippen LogP contribution in [-0.4, -0.2) is 31.2 Å². The fraction of sp³-hybridized carbons (Fsp3) is 0.367. The number of aliphatic hydroxyl groups is 1. The maximum absolute atomic E-state index is 13.9. The molecule has 0 saturated carbocycles. The first-order valence-electron chi connectivity index (χ1n) is 12.6. The van der Waals surface area contributed by atoms with Crippen LogP contribution in [0.1, 0.15) is 37.5 Å². The molecule has 0 aromatic heterocycles. The van der Waals surface area contributed by atoms with Gasteiger partial charge in [-0.1, -0.05) is 51.1 Å². The molecule has 7 nitrogen and oxygen atoms in total. The van der Waals surface area contributed by atoms with Crippen LogP contribution in [0.2, 0.25) is 0 Å². The lowest BCUT2D eigenvalue weighted by molar-refractivity contribution is -0.122. The van der Waals surface area contributed by atoms with Crippen LogP contribution in [0.25, 0.3) is 0 Å². The summed E-state index contributed by atoms with van der Waals surface area (Å²) in [6.45, 7) is 6.62. The molecule has 2 aliphatic heterocycles. The minimum Gasteiger partial charge on any atom is -0.454 e. The normalized spacial score (nSPS) is 15.4. The van der Waals surface area contributed by atoms with E-state index in [0.29, 0.717) is 35.8 Å². The van der Waals surface area contributed by atoms with Gasteiger partial charge in [-0.25, -0.2) is 0 Å². The molecule has 0 saturated heterocycles. The average Bonchev–Trinajstić information content (AvgIpc) is 3.54. The molecule has 2 N–H and O–H groups in total. The van der Waals surface area contributed by atoms with Crippen molar-refractivity contribution >= 4 is 11.6 Å². The van der Waals surface area contributed by atoms with Crippen LogP contribution in [-0.2, 0) is 23.1 Å². The summed E-state index contributed by atoms with van der Waals surface area (Å²) in [6, 6.07) is 19.4. The van der Waals surface area contributed by atoms with Crippen LogP contribution in [0.5, 0.6) is 23.0 Å². The first-order valence-corrected chi connectivity index (χ1v) is 12.6. The van der Waals surface area contributed by atoms with Gasteiger partial charge in [0.1, 0.15) is 0 Å². The van der Waals surface area contributed by atoms with Crippen molar-refractivity contribution in [2.45, 2.75) is 39.0 Å². The number of amides is 1. The topological polar surface area (TPSA) is 86.3 Å². The third-order valence-corrected chi connectivity index (χ3v) is 6.96. The lowest BCUT2D eigenvalue weighted by Gasteiger charge is -2.28. The highest BCUT2D eigenvalue weighted by Crippen LogP contribution is 2.37. The van der Waals surface area contributed by atoms with Crippen molar-refractivity contribution in [3.05, 3.63) is 77.4 Å². The minimum atomic E-state index is -0.496. The fourth-order valence-corrected chi connectivity index (χ4v) is 4.97. The van der Waals surface area contributed by atoms with E-state index < -0.39 is 5.92 Å². The number of nitrogens with one attached hydrogen (secondary N) is 1. The second kappa shape index (κ2) is 10.3. The van der Waals surface area contributed by atoms with Crippen molar-refractivity contribution in [2.75, 3.05) is 25.5 Å². The van der Waals surface area contributed by atoms with Crippen LogP contribution < -0.4 is 24.3 Å². The number of anilines is 1. The van der Waals surface area contributed by atoms with Crippen LogP contribution >= 0.6 is 0 Å². The van der Waals surface area contributed by atoms with E-state index in [4.69, 9.17) is 18.9 Å². The van der Waals surface area contributed by atoms with Gasteiger partial charge in [-0.15, -0.1) is 0 Å². The van der Waals surface area contributed by atoms with Crippen LogP contribution in [0, 0.1) is 11.8 Å². The predicted molar refractivity (Wildman–Crippen MR) is 140 cm³/mol. The summed E-state index contributed by atoms with van der Waals surface area (Å²) < 4.78 is 22.0. The molecule has 0 fully saturated rings. The van der Waals surface area contributed by atoms with Crippen molar-refractivity contribution in [2.24, 2.45) is 11.8 Å². The highest BCUT2D eigenvalue weighted by molar-refractivity contribution is 5.94. The zero-order chi connectivity index (χ0) is 26.0. The van der Waals surface area contributed by atoms with Crippen molar-refractivity contribution < 1.29 is 28.8 Å². The highest BCUT2D eigenvalue weighted by atomic mass is 16.7. The van der Waals surface area contributed by atoms with E-state index in [2.05, 4.69) is 26.1 Å². The fourth-order valence-electron chi connectivity index (χ4n) is 4.97. The van der Waals surface area contributed by atoms with E-state index in [0.717, 1.165) is 22.4 Å². The third kappa shape index (κ3) is 5.52. The van der Waals surface area contributed by atoms with Gasteiger partial charge in [-0.2, -0.15) is 0 Å². The first-order chi connectivity index (χ1) is 17.8. The largest absolute Gasteiger partial charge is 0.454 e. The molecular formula is C30H33NO6. The van der Waals surface area contributed by atoms with Gasteiger partial charge in [0, 0.05) is 18.2 Å². The van der Waals surface area contributed by atoms with Gasteiger partial charge in [0.2, 0.25) is 19.5 Å². The molecule has 7 heteroatoms. The third-order valence-electron chi connectivity index (χ3n) is 6.96. The Balaban J connectivity index is 1.44. The molecule has 3 aromatic rings. The Bertz CT molecular complexity index is 1280. The molecule has 194 valence electrons. The Morgan fingerprint density at radius 1 is 0.838 bits per heavy atom. The van der Waals surface area contributed by atoms with Crippen LogP contribution in [0.15, 0.2) is 60.7 Å².